The zero-order valence-corrected chi connectivity index (χ0v) is 13.8. The first-order valence-electron chi connectivity index (χ1n) is 7.76. The summed E-state index contributed by atoms with van der Waals surface area (Å²) in [6.45, 7) is 6.79. The highest BCUT2D eigenvalue weighted by Crippen LogP contribution is 2.23. The molecule has 1 aliphatic heterocycles. The van der Waals surface area contributed by atoms with E-state index in [4.69, 9.17) is 9.47 Å². The number of nitrogens with zero attached hydrogens (tertiary/aromatic N) is 2. The van der Waals surface area contributed by atoms with Crippen molar-refractivity contribution in [1.29, 1.82) is 0 Å². The van der Waals surface area contributed by atoms with Crippen molar-refractivity contribution in [1.82, 2.24) is 9.80 Å². The van der Waals surface area contributed by atoms with E-state index in [1.807, 2.05) is 6.92 Å². The molecule has 1 saturated heterocycles. The minimum atomic E-state index is 0.397. The van der Waals surface area contributed by atoms with E-state index in [0.29, 0.717) is 12.7 Å². The lowest BCUT2D eigenvalue weighted by molar-refractivity contribution is 0.107. The van der Waals surface area contributed by atoms with Crippen molar-refractivity contribution in [2.24, 2.45) is 0 Å². The van der Waals surface area contributed by atoms with Crippen molar-refractivity contribution in [2.45, 2.75) is 32.5 Å². The minimum absolute atomic E-state index is 0.397. The number of likely N-dealkylation sites (tertiary alicyclic amines) is 1. The van der Waals surface area contributed by atoms with Crippen LogP contribution in [0.2, 0.25) is 0 Å². The van der Waals surface area contributed by atoms with Gasteiger partial charge in [0.05, 0.1) is 12.7 Å². The molecule has 0 amide bonds. The monoisotopic (exact) mass is 292 g/mol. The molecule has 0 radical (unpaired) electrons. The average Bonchev–Trinajstić information content (AvgIpc) is 2.89. The van der Waals surface area contributed by atoms with Crippen LogP contribution >= 0.6 is 0 Å². The van der Waals surface area contributed by atoms with Crippen LogP contribution in [0.15, 0.2) is 18.2 Å². The van der Waals surface area contributed by atoms with Crippen LogP contribution < -0.4 is 4.74 Å². The maximum atomic E-state index is 5.74. The first-order valence-corrected chi connectivity index (χ1v) is 7.76. The summed E-state index contributed by atoms with van der Waals surface area (Å²) in [5.74, 6) is 1.01. The Bertz CT molecular complexity index is 448. The van der Waals surface area contributed by atoms with Crippen LogP contribution in [0.25, 0.3) is 0 Å². The second-order valence-electron chi connectivity index (χ2n) is 5.99. The molecule has 1 aliphatic rings. The first kappa shape index (κ1) is 16.3. The van der Waals surface area contributed by atoms with E-state index >= 15 is 0 Å². The summed E-state index contributed by atoms with van der Waals surface area (Å²) in [6, 6.07) is 6.58. The number of methoxy groups -OCH3 is 1. The lowest BCUT2D eigenvalue weighted by Crippen LogP contribution is -2.22. The van der Waals surface area contributed by atoms with Gasteiger partial charge in [-0.1, -0.05) is 6.07 Å². The van der Waals surface area contributed by atoms with Gasteiger partial charge in [-0.3, -0.25) is 4.90 Å². The summed E-state index contributed by atoms with van der Waals surface area (Å²) < 4.78 is 11.2. The Morgan fingerprint density at radius 1 is 1.33 bits per heavy atom. The number of ether oxygens (including phenoxy) is 2. The van der Waals surface area contributed by atoms with Crippen molar-refractivity contribution in [3.63, 3.8) is 0 Å². The quantitative estimate of drug-likeness (QED) is 0.770. The lowest BCUT2D eigenvalue weighted by Gasteiger charge is -2.19. The van der Waals surface area contributed by atoms with Crippen LogP contribution in [0, 0.1) is 0 Å². The van der Waals surface area contributed by atoms with Gasteiger partial charge in [-0.05, 0) is 45.1 Å². The fraction of sp³-hybridized carbons (Fsp3) is 0.647. The summed E-state index contributed by atoms with van der Waals surface area (Å²) in [7, 11) is 5.98. The van der Waals surface area contributed by atoms with Gasteiger partial charge in [-0.25, -0.2) is 0 Å². The SMILES string of the molecule is CCOc1ccc(CN2CC[C@@H](OC)C2)cc1CN(C)C. The summed E-state index contributed by atoms with van der Waals surface area (Å²) in [5, 5.41) is 0. The summed E-state index contributed by atoms with van der Waals surface area (Å²) in [4.78, 5) is 4.64. The van der Waals surface area contributed by atoms with E-state index in [9.17, 15) is 0 Å². The molecule has 1 heterocycles. The van der Waals surface area contributed by atoms with Crippen LogP contribution in [0.5, 0.6) is 5.75 Å². The van der Waals surface area contributed by atoms with E-state index in [1.165, 1.54) is 11.1 Å². The maximum absolute atomic E-state index is 5.74. The molecule has 2 rings (SSSR count). The summed E-state index contributed by atoms with van der Waals surface area (Å²) in [6.07, 6.45) is 1.53. The molecule has 0 spiro atoms. The van der Waals surface area contributed by atoms with Gasteiger partial charge in [0.1, 0.15) is 5.75 Å². The topological polar surface area (TPSA) is 24.9 Å². The van der Waals surface area contributed by atoms with E-state index in [1.54, 1.807) is 7.11 Å². The predicted octanol–water partition coefficient (Wildman–Crippen LogP) is 2.37. The Balaban J connectivity index is 2.06. The third kappa shape index (κ3) is 4.70. The Hall–Kier alpha value is -1.10. The standard InChI is InChI=1S/C17H28N2O2/c1-5-21-17-7-6-14(10-15(17)12-18(2)3)11-19-9-8-16(13-19)20-4/h6-7,10,16H,5,8-9,11-13H2,1-4H3/t16-/m1/s1. The highest BCUT2D eigenvalue weighted by molar-refractivity contribution is 5.37. The van der Waals surface area contributed by atoms with Crippen LogP contribution in [-0.4, -0.2) is 56.8 Å². The molecule has 21 heavy (non-hydrogen) atoms. The lowest BCUT2D eigenvalue weighted by atomic mass is 10.1. The number of hydrogen-bond donors (Lipinski definition) is 0. The van der Waals surface area contributed by atoms with Gasteiger partial charge in [0, 0.05) is 38.9 Å². The van der Waals surface area contributed by atoms with Gasteiger partial charge in [0.25, 0.3) is 0 Å². The van der Waals surface area contributed by atoms with E-state index in [2.05, 4.69) is 42.1 Å². The van der Waals surface area contributed by atoms with Crippen molar-refractivity contribution < 1.29 is 9.47 Å². The molecule has 118 valence electrons. The molecule has 0 saturated carbocycles. The number of benzene rings is 1. The van der Waals surface area contributed by atoms with Crippen LogP contribution in [0.4, 0.5) is 0 Å². The smallest absolute Gasteiger partial charge is 0.123 e. The number of rotatable bonds is 7. The zero-order chi connectivity index (χ0) is 15.2. The number of hydrogen-bond acceptors (Lipinski definition) is 4. The molecular weight excluding hydrogens is 264 g/mol. The van der Waals surface area contributed by atoms with Crippen LogP contribution in [0.3, 0.4) is 0 Å². The van der Waals surface area contributed by atoms with E-state index in [-0.39, 0.29) is 0 Å². The van der Waals surface area contributed by atoms with Crippen molar-refractivity contribution in [3.05, 3.63) is 29.3 Å². The second kappa shape index (κ2) is 7.78. The Kier molecular flexibility index (Phi) is 6.03. The second-order valence-corrected chi connectivity index (χ2v) is 5.99. The molecule has 0 aliphatic carbocycles. The van der Waals surface area contributed by atoms with Crippen molar-refractivity contribution >= 4 is 0 Å². The fourth-order valence-electron chi connectivity index (χ4n) is 2.88. The third-order valence-electron chi connectivity index (χ3n) is 3.88. The molecule has 0 aromatic heterocycles. The Labute approximate surface area is 128 Å². The van der Waals surface area contributed by atoms with Gasteiger partial charge in [0.2, 0.25) is 0 Å². The highest BCUT2D eigenvalue weighted by Gasteiger charge is 2.22. The van der Waals surface area contributed by atoms with Crippen LogP contribution in [-0.2, 0) is 17.8 Å². The zero-order valence-electron chi connectivity index (χ0n) is 13.8. The molecule has 1 atom stereocenters. The van der Waals surface area contributed by atoms with Crippen LogP contribution in [0.1, 0.15) is 24.5 Å². The van der Waals surface area contributed by atoms with Gasteiger partial charge < -0.3 is 14.4 Å². The van der Waals surface area contributed by atoms with E-state index < -0.39 is 0 Å². The predicted molar refractivity (Wildman–Crippen MR) is 85.7 cm³/mol. The molecule has 0 unspecified atom stereocenters. The van der Waals surface area contributed by atoms with Gasteiger partial charge in [-0.2, -0.15) is 0 Å². The Morgan fingerprint density at radius 3 is 2.76 bits per heavy atom. The summed E-state index contributed by atoms with van der Waals surface area (Å²) in [5.41, 5.74) is 2.62. The molecule has 1 fully saturated rings. The molecule has 1 aromatic rings. The van der Waals surface area contributed by atoms with Crippen molar-refractivity contribution in [2.75, 3.05) is 40.9 Å². The average molecular weight is 292 g/mol. The van der Waals surface area contributed by atoms with Gasteiger partial charge in [-0.15, -0.1) is 0 Å². The van der Waals surface area contributed by atoms with Crippen molar-refractivity contribution in [3.8, 4) is 5.75 Å². The summed E-state index contributed by atoms with van der Waals surface area (Å²) >= 11 is 0. The normalized spacial score (nSPS) is 19.4. The van der Waals surface area contributed by atoms with Gasteiger partial charge >= 0.3 is 0 Å². The van der Waals surface area contributed by atoms with E-state index in [0.717, 1.165) is 38.3 Å². The fourth-order valence-corrected chi connectivity index (χ4v) is 2.88. The molecule has 1 aromatic carbocycles. The maximum Gasteiger partial charge on any atom is 0.123 e. The molecular formula is C17H28N2O2. The largest absolute Gasteiger partial charge is 0.494 e. The molecule has 0 bridgehead atoms. The molecule has 4 nitrogen and oxygen atoms in total. The third-order valence-corrected chi connectivity index (χ3v) is 3.88. The Morgan fingerprint density at radius 2 is 2.14 bits per heavy atom. The molecule has 0 N–H and O–H groups in total. The first-order chi connectivity index (χ1) is 10.1. The highest BCUT2D eigenvalue weighted by atomic mass is 16.5. The molecule has 4 heteroatoms. The van der Waals surface area contributed by atoms with Gasteiger partial charge in [0.15, 0.2) is 0 Å². The minimum Gasteiger partial charge on any atom is -0.494 e.